The number of rotatable bonds is 6. The summed E-state index contributed by atoms with van der Waals surface area (Å²) in [6.07, 6.45) is 0. The van der Waals surface area contributed by atoms with Gasteiger partial charge in [-0.15, -0.1) is 10.2 Å². The number of carbonyl (C=O) groups excluding carboxylic acids is 2. The number of amides is 2. The van der Waals surface area contributed by atoms with E-state index >= 15 is 0 Å². The van der Waals surface area contributed by atoms with Crippen LogP contribution in [0.1, 0.15) is 13.8 Å². The van der Waals surface area contributed by atoms with Crippen molar-refractivity contribution in [2.45, 2.75) is 13.8 Å². The van der Waals surface area contributed by atoms with Gasteiger partial charge in [0.25, 0.3) is 11.8 Å². The predicted octanol–water partition coefficient (Wildman–Crippen LogP) is 1.99. The van der Waals surface area contributed by atoms with Crippen LogP contribution in [0.25, 0.3) is 0 Å². The molecular formula is C20H22N6O2. The Labute approximate surface area is 163 Å². The summed E-state index contributed by atoms with van der Waals surface area (Å²) in [5, 5.41) is 11.5. The Balaban J connectivity index is 2.15. The lowest BCUT2D eigenvalue weighted by Crippen LogP contribution is -2.51. The standard InChI is InChI=1S/C20H22N6O2/c1-3-24(4-2)20(28)19-23-25(15-11-7-5-8-12-15)18(17(21)27)22-26(19)16-13-9-6-10-14-16/h5-14H,3-4H2,1-2H3,(H2,21,27). The third-order valence-corrected chi connectivity index (χ3v) is 4.25. The second-order valence-corrected chi connectivity index (χ2v) is 5.98. The van der Waals surface area contributed by atoms with Crippen molar-refractivity contribution in [3.05, 3.63) is 60.7 Å². The minimum Gasteiger partial charge on any atom is -0.363 e. The van der Waals surface area contributed by atoms with Crippen molar-refractivity contribution in [2.24, 2.45) is 15.9 Å². The largest absolute Gasteiger partial charge is 0.363 e. The van der Waals surface area contributed by atoms with Gasteiger partial charge in [-0.2, -0.15) is 0 Å². The first kappa shape index (κ1) is 19.1. The second kappa shape index (κ2) is 8.34. The third-order valence-electron chi connectivity index (χ3n) is 4.25. The molecule has 1 aliphatic heterocycles. The molecule has 0 saturated heterocycles. The summed E-state index contributed by atoms with van der Waals surface area (Å²) >= 11 is 0. The highest BCUT2D eigenvalue weighted by molar-refractivity contribution is 6.48. The van der Waals surface area contributed by atoms with Crippen molar-refractivity contribution < 1.29 is 9.59 Å². The molecule has 0 spiro atoms. The molecule has 2 aromatic carbocycles. The molecule has 0 radical (unpaired) electrons. The number of para-hydroxylation sites is 2. The number of carbonyl (C=O) groups is 2. The Morgan fingerprint density at radius 2 is 1.25 bits per heavy atom. The van der Waals surface area contributed by atoms with Crippen LogP contribution in [-0.4, -0.2) is 41.5 Å². The van der Waals surface area contributed by atoms with Gasteiger partial charge < -0.3 is 10.6 Å². The molecule has 0 aliphatic carbocycles. The van der Waals surface area contributed by atoms with E-state index in [0.717, 1.165) is 0 Å². The van der Waals surface area contributed by atoms with Gasteiger partial charge in [-0.25, -0.2) is 10.0 Å². The van der Waals surface area contributed by atoms with E-state index in [-0.39, 0.29) is 17.6 Å². The van der Waals surface area contributed by atoms with Crippen LogP contribution in [-0.2, 0) is 9.59 Å². The van der Waals surface area contributed by atoms with Crippen LogP contribution < -0.4 is 15.8 Å². The molecule has 0 bridgehead atoms. The average Bonchev–Trinajstić information content (AvgIpc) is 2.74. The lowest BCUT2D eigenvalue weighted by Gasteiger charge is -2.32. The SMILES string of the molecule is CCN(CC)C(=O)C1=NN(c2ccccc2)C(C(N)=O)=NN1c1ccccc1. The van der Waals surface area contributed by atoms with Crippen molar-refractivity contribution in [1.82, 2.24) is 4.90 Å². The van der Waals surface area contributed by atoms with E-state index < -0.39 is 5.91 Å². The van der Waals surface area contributed by atoms with Crippen molar-refractivity contribution in [3.63, 3.8) is 0 Å². The van der Waals surface area contributed by atoms with E-state index in [1.54, 1.807) is 41.3 Å². The highest BCUT2D eigenvalue weighted by atomic mass is 16.2. The average molecular weight is 378 g/mol. The summed E-state index contributed by atoms with van der Waals surface area (Å²) in [5.41, 5.74) is 6.75. The Hall–Kier alpha value is -3.68. The first-order chi connectivity index (χ1) is 13.6. The molecule has 2 N–H and O–H groups in total. The van der Waals surface area contributed by atoms with Crippen LogP contribution in [0, 0.1) is 0 Å². The summed E-state index contributed by atoms with van der Waals surface area (Å²) in [5.74, 6) is -1.03. The number of nitrogens with zero attached hydrogens (tertiary/aromatic N) is 5. The Bertz CT molecular complexity index is 907. The van der Waals surface area contributed by atoms with E-state index in [2.05, 4.69) is 10.2 Å². The lowest BCUT2D eigenvalue weighted by molar-refractivity contribution is -0.123. The maximum Gasteiger partial charge on any atom is 0.293 e. The summed E-state index contributed by atoms with van der Waals surface area (Å²) in [7, 11) is 0. The maximum atomic E-state index is 13.1. The summed E-state index contributed by atoms with van der Waals surface area (Å²) in [4.78, 5) is 26.9. The third kappa shape index (κ3) is 3.71. The zero-order chi connectivity index (χ0) is 20.1. The molecule has 1 aliphatic rings. The Kier molecular flexibility index (Phi) is 5.69. The minimum absolute atomic E-state index is 0.0776. The van der Waals surface area contributed by atoms with Gasteiger partial charge in [0, 0.05) is 13.1 Å². The molecule has 0 unspecified atom stereocenters. The molecule has 144 valence electrons. The monoisotopic (exact) mass is 378 g/mol. The van der Waals surface area contributed by atoms with Gasteiger partial charge in [0.05, 0.1) is 11.4 Å². The summed E-state index contributed by atoms with van der Waals surface area (Å²) < 4.78 is 0. The molecule has 3 rings (SSSR count). The summed E-state index contributed by atoms with van der Waals surface area (Å²) in [6.45, 7) is 4.83. The van der Waals surface area contributed by atoms with E-state index in [0.29, 0.717) is 24.5 Å². The zero-order valence-corrected chi connectivity index (χ0v) is 15.8. The molecule has 1 heterocycles. The fourth-order valence-electron chi connectivity index (χ4n) is 2.81. The number of likely N-dealkylation sites (N-methyl/N-ethyl adjacent to an activating group) is 1. The van der Waals surface area contributed by atoms with E-state index in [9.17, 15) is 9.59 Å². The quantitative estimate of drug-likeness (QED) is 0.832. The molecule has 0 fully saturated rings. The number of benzene rings is 2. The molecule has 28 heavy (non-hydrogen) atoms. The maximum absolute atomic E-state index is 13.1. The second-order valence-electron chi connectivity index (χ2n) is 5.98. The van der Waals surface area contributed by atoms with Crippen LogP contribution in [0.5, 0.6) is 0 Å². The number of nitrogens with two attached hydrogens (primary N) is 1. The van der Waals surface area contributed by atoms with Gasteiger partial charge in [0.1, 0.15) is 0 Å². The van der Waals surface area contributed by atoms with Crippen LogP contribution >= 0.6 is 0 Å². The number of amidine groups is 2. The fourth-order valence-corrected chi connectivity index (χ4v) is 2.81. The van der Waals surface area contributed by atoms with Crippen LogP contribution in [0.2, 0.25) is 0 Å². The van der Waals surface area contributed by atoms with Crippen molar-refractivity contribution >= 4 is 34.9 Å². The van der Waals surface area contributed by atoms with Crippen molar-refractivity contribution in [3.8, 4) is 0 Å². The van der Waals surface area contributed by atoms with Gasteiger partial charge >= 0.3 is 0 Å². The van der Waals surface area contributed by atoms with Crippen LogP contribution in [0.3, 0.4) is 0 Å². The number of hydrogen-bond donors (Lipinski definition) is 1. The van der Waals surface area contributed by atoms with Crippen LogP contribution in [0.4, 0.5) is 11.4 Å². The predicted molar refractivity (Wildman–Crippen MR) is 110 cm³/mol. The van der Waals surface area contributed by atoms with Gasteiger partial charge in [-0.05, 0) is 38.1 Å². The first-order valence-electron chi connectivity index (χ1n) is 9.03. The number of hydrogen-bond acceptors (Lipinski definition) is 6. The molecule has 2 aromatic rings. The molecule has 8 heteroatoms. The first-order valence-corrected chi connectivity index (χ1v) is 9.03. The van der Waals surface area contributed by atoms with Crippen molar-refractivity contribution in [1.29, 1.82) is 0 Å². The lowest BCUT2D eigenvalue weighted by atomic mass is 10.3. The molecule has 2 amide bonds. The molecule has 0 atom stereocenters. The van der Waals surface area contributed by atoms with Gasteiger partial charge in [0.2, 0.25) is 11.7 Å². The van der Waals surface area contributed by atoms with Crippen molar-refractivity contribution in [2.75, 3.05) is 23.1 Å². The highest BCUT2D eigenvalue weighted by Crippen LogP contribution is 2.23. The Morgan fingerprint density at radius 1 is 0.821 bits per heavy atom. The molecule has 0 aromatic heterocycles. The van der Waals surface area contributed by atoms with E-state index in [1.807, 2.05) is 38.1 Å². The van der Waals surface area contributed by atoms with Crippen LogP contribution in [0.15, 0.2) is 70.9 Å². The van der Waals surface area contributed by atoms with E-state index in [1.165, 1.54) is 10.0 Å². The highest BCUT2D eigenvalue weighted by Gasteiger charge is 2.33. The van der Waals surface area contributed by atoms with Gasteiger partial charge in [-0.3, -0.25) is 9.59 Å². The molecule has 8 nitrogen and oxygen atoms in total. The number of primary amides is 1. The Morgan fingerprint density at radius 3 is 1.68 bits per heavy atom. The van der Waals surface area contributed by atoms with E-state index in [4.69, 9.17) is 5.73 Å². The fraction of sp³-hybridized carbons (Fsp3) is 0.200. The number of anilines is 2. The van der Waals surface area contributed by atoms with Gasteiger partial charge in [-0.1, -0.05) is 36.4 Å². The zero-order valence-electron chi connectivity index (χ0n) is 15.8. The van der Waals surface area contributed by atoms with Gasteiger partial charge in [0.15, 0.2) is 0 Å². The topological polar surface area (TPSA) is 94.6 Å². The molecular weight excluding hydrogens is 356 g/mol. The minimum atomic E-state index is -0.747. The number of hydrazone groups is 2. The smallest absolute Gasteiger partial charge is 0.293 e. The molecule has 0 saturated carbocycles. The normalized spacial score (nSPS) is 13.6. The summed E-state index contributed by atoms with van der Waals surface area (Å²) in [6, 6.07) is 18.0.